The van der Waals surface area contributed by atoms with Crippen LogP contribution in [0.4, 0.5) is 8.78 Å². The molecule has 0 aliphatic heterocycles. The Morgan fingerprint density at radius 3 is 2.78 bits per heavy atom. The Kier molecular flexibility index (Phi) is 1.66. The van der Waals surface area contributed by atoms with Crippen LogP contribution in [-0.2, 0) is 6.54 Å². The molecular formula is C3H4F2N4. The molecule has 0 atom stereocenters. The Morgan fingerprint density at radius 1 is 1.56 bits per heavy atom. The molecule has 6 heteroatoms. The maximum atomic E-state index is 11.5. The van der Waals surface area contributed by atoms with E-state index in [4.69, 9.17) is 0 Å². The molecule has 0 fully saturated rings. The summed E-state index contributed by atoms with van der Waals surface area (Å²) in [6, 6.07) is 0. The van der Waals surface area contributed by atoms with Crippen molar-refractivity contribution in [3.05, 3.63) is 6.33 Å². The van der Waals surface area contributed by atoms with Gasteiger partial charge < -0.3 is 0 Å². The first-order valence-corrected chi connectivity index (χ1v) is 2.28. The van der Waals surface area contributed by atoms with E-state index in [9.17, 15) is 8.78 Å². The lowest BCUT2D eigenvalue weighted by Gasteiger charge is -1.93. The van der Waals surface area contributed by atoms with Crippen LogP contribution in [0.5, 0.6) is 0 Å². The second-order valence-electron chi connectivity index (χ2n) is 1.38. The largest absolute Gasteiger partial charge is 0.259 e. The summed E-state index contributed by atoms with van der Waals surface area (Å²) in [7, 11) is 0. The molecule has 0 aliphatic carbocycles. The molecule has 0 radical (unpaired) electrons. The smallest absolute Gasteiger partial charge is 0.208 e. The standard InChI is InChI=1S/C3H4F2N4/c4-3(5)1-9-7-2-6-8-9/h2-3H,1H2. The molecule has 50 valence electrons. The zero-order valence-corrected chi connectivity index (χ0v) is 4.41. The molecule has 0 saturated heterocycles. The van der Waals surface area contributed by atoms with E-state index in [1.807, 2.05) is 0 Å². The van der Waals surface area contributed by atoms with Gasteiger partial charge in [0.2, 0.25) is 0 Å². The summed E-state index contributed by atoms with van der Waals surface area (Å²) in [5.41, 5.74) is 0. The van der Waals surface area contributed by atoms with Crippen LogP contribution in [0.25, 0.3) is 0 Å². The van der Waals surface area contributed by atoms with Crippen molar-refractivity contribution in [1.29, 1.82) is 0 Å². The first-order chi connectivity index (χ1) is 4.29. The molecule has 0 saturated carbocycles. The Balaban J connectivity index is 2.48. The molecule has 1 rings (SSSR count). The third-order valence-electron chi connectivity index (χ3n) is 0.693. The molecule has 0 aliphatic rings. The van der Waals surface area contributed by atoms with Gasteiger partial charge in [-0.25, -0.2) is 8.78 Å². The maximum Gasteiger partial charge on any atom is 0.259 e. The van der Waals surface area contributed by atoms with E-state index in [1.165, 1.54) is 0 Å². The summed E-state index contributed by atoms with van der Waals surface area (Å²) in [6.07, 6.45) is -1.30. The van der Waals surface area contributed by atoms with Crippen molar-refractivity contribution < 1.29 is 8.78 Å². The van der Waals surface area contributed by atoms with E-state index >= 15 is 0 Å². The van der Waals surface area contributed by atoms with Crippen molar-refractivity contribution in [2.75, 3.05) is 0 Å². The van der Waals surface area contributed by atoms with Gasteiger partial charge in [-0.3, -0.25) is 0 Å². The second kappa shape index (κ2) is 2.47. The van der Waals surface area contributed by atoms with E-state index in [2.05, 4.69) is 15.4 Å². The number of nitrogens with zero attached hydrogens (tertiary/aromatic N) is 4. The SMILES string of the molecule is FC(F)Cn1ncnn1. The minimum absolute atomic E-state index is 0.486. The highest BCUT2D eigenvalue weighted by Gasteiger charge is 2.03. The molecule has 9 heavy (non-hydrogen) atoms. The molecule has 1 aromatic heterocycles. The number of rotatable bonds is 2. The summed E-state index contributed by atoms with van der Waals surface area (Å²) in [5, 5.41) is 9.85. The number of halogens is 2. The van der Waals surface area contributed by atoms with E-state index < -0.39 is 13.0 Å². The van der Waals surface area contributed by atoms with Gasteiger partial charge in [0.1, 0.15) is 6.54 Å². The van der Waals surface area contributed by atoms with Gasteiger partial charge in [0.05, 0.1) is 0 Å². The van der Waals surface area contributed by atoms with E-state index in [1.54, 1.807) is 0 Å². The van der Waals surface area contributed by atoms with Crippen LogP contribution in [-0.4, -0.2) is 26.6 Å². The van der Waals surface area contributed by atoms with Gasteiger partial charge in [-0.1, -0.05) is 0 Å². The highest BCUT2D eigenvalue weighted by Crippen LogP contribution is 1.92. The first kappa shape index (κ1) is 6.06. The van der Waals surface area contributed by atoms with Gasteiger partial charge in [-0.2, -0.15) is 4.80 Å². The molecule has 1 heterocycles. The lowest BCUT2D eigenvalue weighted by molar-refractivity contribution is 0.115. The summed E-state index contributed by atoms with van der Waals surface area (Å²) >= 11 is 0. The van der Waals surface area contributed by atoms with E-state index in [0.717, 1.165) is 11.1 Å². The highest BCUT2D eigenvalue weighted by atomic mass is 19.3. The molecule has 0 aromatic carbocycles. The fourth-order valence-electron chi connectivity index (χ4n) is 0.396. The molecule has 0 unspecified atom stereocenters. The van der Waals surface area contributed by atoms with Crippen LogP contribution < -0.4 is 0 Å². The third-order valence-corrected chi connectivity index (χ3v) is 0.693. The lowest BCUT2D eigenvalue weighted by Crippen LogP contribution is -2.09. The van der Waals surface area contributed by atoms with Crippen LogP contribution in [0.1, 0.15) is 0 Å². The molecule has 1 aromatic rings. The summed E-state index contributed by atoms with van der Waals surface area (Å²) in [4.78, 5) is 0.838. The molecule has 0 amide bonds. The van der Waals surface area contributed by atoms with Gasteiger partial charge in [0.15, 0.2) is 6.33 Å². The Labute approximate surface area is 49.5 Å². The predicted octanol–water partition coefficient (Wildman–Crippen LogP) is -0.0618. The van der Waals surface area contributed by atoms with Crippen LogP contribution in [0.3, 0.4) is 0 Å². The molecular weight excluding hydrogens is 130 g/mol. The number of hydrogen-bond donors (Lipinski definition) is 0. The van der Waals surface area contributed by atoms with Crippen molar-refractivity contribution in [3.63, 3.8) is 0 Å². The quantitative estimate of drug-likeness (QED) is 0.569. The fraction of sp³-hybridized carbons (Fsp3) is 0.667. The minimum atomic E-state index is -2.42. The van der Waals surface area contributed by atoms with Crippen molar-refractivity contribution in [2.24, 2.45) is 0 Å². The van der Waals surface area contributed by atoms with E-state index in [-0.39, 0.29) is 0 Å². The fourth-order valence-corrected chi connectivity index (χ4v) is 0.396. The van der Waals surface area contributed by atoms with E-state index in [0.29, 0.717) is 0 Å². The van der Waals surface area contributed by atoms with Crippen molar-refractivity contribution in [2.45, 2.75) is 13.0 Å². The van der Waals surface area contributed by atoms with Crippen LogP contribution in [0.15, 0.2) is 6.33 Å². The number of aromatic nitrogens is 4. The summed E-state index contributed by atoms with van der Waals surface area (Å²) in [6.45, 7) is -0.486. The third kappa shape index (κ3) is 1.71. The van der Waals surface area contributed by atoms with Gasteiger partial charge in [-0.05, 0) is 5.21 Å². The number of hydrogen-bond acceptors (Lipinski definition) is 3. The maximum absolute atomic E-state index is 11.5. The molecule has 0 bridgehead atoms. The van der Waals surface area contributed by atoms with Crippen molar-refractivity contribution in [1.82, 2.24) is 20.2 Å². The Morgan fingerprint density at radius 2 is 2.33 bits per heavy atom. The molecule has 0 spiro atoms. The lowest BCUT2D eigenvalue weighted by atomic mass is 10.7. The van der Waals surface area contributed by atoms with Gasteiger partial charge in [0.25, 0.3) is 6.43 Å². The second-order valence-corrected chi connectivity index (χ2v) is 1.38. The zero-order chi connectivity index (χ0) is 6.69. The van der Waals surface area contributed by atoms with Crippen molar-refractivity contribution >= 4 is 0 Å². The monoisotopic (exact) mass is 134 g/mol. The normalized spacial score (nSPS) is 10.6. The van der Waals surface area contributed by atoms with Crippen LogP contribution in [0.2, 0.25) is 0 Å². The predicted molar refractivity (Wildman–Crippen MR) is 23.8 cm³/mol. The number of tetrazole rings is 1. The highest BCUT2D eigenvalue weighted by molar-refractivity contribution is 4.40. The van der Waals surface area contributed by atoms with Gasteiger partial charge >= 0.3 is 0 Å². The summed E-state index contributed by atoms with van der Waals surface area (Å²) in [5.74, 6) is 0. The summed E-state index contributed by atoms with van der Waals surface area (Å²) < 4.78 is 22.9. The molecule has 4 nitrogen and oxygen atoms in total. The average Bonchev–Trinajstić information content (AvgIpc) is 2.15. The topological polar surface area (TPSA) is 43.6 Å². The molecule has 0 N–H and O–H groups in total. The Hall–Kier alpha value is -1.07. The van der Waals surface area contributed by atoms with Crippen LogP contribution >= 0.6 is 0 Å². The zero-order valence-electron chi connectivity index (χ0n) is 4.41. The average molecular weight is 134 g/mol. The van der Waals surface area contributed by atoms with Crippen LogP contribution in [0, 0.1) is 0 Å². The number of alkyl halides is 2. The Bertz CT molecular complexity index is 160. The minimum Gasteiger partial charge on any atom is -0.208 e. The van der Waals surface area contributed by atoms with Gasteiger partial charge in [-0.15, -0.1) is 10.2 Å². The van der Waals surface area contributed by atoms with Gasteiger partial charge in [0, 0.05) is 0 Å². The first-order valence-electron chi connectivity index (χ1n) is 2.28. The van der Waals surface area contributed by atoms with Crippen molar-refractivity contribution in [3.8, 4) is 0 Å².